The van der Waals surface area contributed by atoms with Gasteiger partial charge < -0.3 is 9.52 Å². The first-order chi connectivity index (χ1) is 9.58. The lowest BCUT2D eigenvalue weighted by Crippen LogP contribution is -2.01. The van der Waals surface area contributed by atoms with E-state index in [0.29, 0.717) is 0 Å². The van der Waals surface area contributed by atoms with Crippen LogP contribution in [0.15, 0.2) is 51.4 Å². The van der Waals surface area contributed by atoms with Crippen LogP contribution in [0.2, 0.25) is 0 Å². The zero-order valence-electron chi connectivity index (χ0n) is 11.4. The van der Waals surface area contributed by atoms with Crippen LogP contribution in [0.3, 0.4) is 0 Å². The monoisotopic (exact) mass is 330 g/mol. The maximum Gasteiger partial charge on any atom is 0.108 e. The molecule has 2 aromatic carbocycles. The molecule has 20 heavy (non-hydrogen) atoms. The molecule has 3 heteroatoms. The van der Waals surface area contributed by atoms with E-state index in [-0.39, 0.29) is 0 Å². The predicted octanol–water partition coefficient (Wildman–Crippen LogP) is 4.89. The normalized spacial score (nSPS) is 12.8. The van der Waals surface area contributed by atoms with E-state index in [0.717, 1.165) is 37.9 Å². The van der Waals surface area contributed by atoms with Gasteiger partial charge in [0.05, 0.1) is 0 Å². The Morgan fingerprint density at radius 1 is 1.00 bits per heavy atom. The molecule has 1 heterocycles. The minimum atomic E-state index is -0.676. The molecule has 0 saturated carbocycles. The van der Waals surface area contributed by atoms with E-state index in [1.807, 2.05) is 56.3 Å². The van der Waals surface area contributed by atoms with Crippen LogP contribution < -0.4 is 0 Å². The van der Waals surface area contributed by atoms with E-state index in [1.54, 1.807) is 0 Å². The van der Waals surface area contributed by atoms with Gasteiger partial charge in [0, 0.05) is 10.0 Å². The van der Waals surface area contributed by atoms with E-state index in [1.165, 1.54) is 0 Å². The average Bonchev–Trinajstić information content (AvgIpc) is 2.78. The molecule has 0 bridgehead atoms. The lowest BCUT2D eigenvalue weighted by molar-refractivity contribution is 0.219. The second-order valence-corrected chi connectivity index (χ2v) is 5.81. The number of fused-ring (bicyclic) bond motifs is 1. The van der Waals surface area contributed by atoms with Crippen molar-refractivity contribution in [3.63, 3.8) is 0 Å². The topological polar surface area (TPSA) is 33.4 Å². The zero-order chi connectivity index (χ0) is 14.3. The van der Waals surface area contributed by atoms with Crippen molar-refractivity contribution < 1.29 is 9.52 Å². The summed E-state index contributed by atoms with van der Waals surface area (Å²) >= 11 is 3.55. The van der Waals surface area contributed by atoms with Crippen LogP contribution in [0.4, 0.5) is 0 Å². The highest BCUT2D eigenvalue weighted by Crippen LogP contribution is 2.34. The fraction of sp³-hybridized carbons (Fsp3) is 0.176. The average molecular weight is 331 g/mol. The Bertz CT molecular complexity index is 774. The first-order valence-corrected chi connectivity index (χ1v) is 7.29. The Morgan fingerprint density at radius 3 is 2.35 bits per heavy atom. The summed E-state index contributed by atoms with van der Waals surface area (Å²) in [5.74, 6) is 1.58. The molecule has 0 aliphatic carbocycles. The van der Waals surface area contributed by atoms with Gasteiger partial charge in [-0.1, -0.05) is 46.3 Å². The van der Waals surface area contributed by atoms with Crippen LogP contribution in [0.1, 0.15) is 28.8 Å². The molecule has 0 spiro atoms. The molecule has 3 aromatic rings. The number of aliphatic hydroxyl groups excluding tert-OH is 1. The molecule has 0 fully saturated rings. The molecule has 0 amide bonds. The molecule has 102 valence electrons. The molecule has 1 aromatic heterocycles. The number of hydrogen-bond acceptors (Lipinski definition) is 2. The van der Waals surface area contributed by atoms with E-state index in [9.17, 15) is 5.11 Å². The highest BCUT2D eigenvalue weighted by Gasteiger charge is 2.19. The van der Waals surface area contributed by atoms with Crippen LogP contribution in [0.25, 0.3) is 10.8 Å². The number of benzene rings is 2. The zero-order valence-corrected chi connectivity index (χ0v) is 12.9. The van der Waals surface area contributed by atoms with Crippen molar-refractivity contribution in [3.8, 4) is 0 Å². The first-order valence-electron chi connectivity index (χ1n) is 6.50. The highest BCUT2D eigenvalue weighted by molar-refractivity contribution is 9.10. The Hall–Kier alpha value is -1.58. The standard InChI is InChI=1S/C17H15BrO2/c1-10-9-15(11(2)20-10)17(19)14-7-8-16(18)13-6-4-3-5-12(13)14/h3-9,17,19H,1-2H3. The predicted molar refractivity (Wildman–Crippen MR) is 83.9 cm³/mol. The molecule has 0 aliphatic rings. The molecule has 1 atom stereocenters. The van der Waals surface area contributed by atoms with Gasteiger partial charge in [-0.15, -0.1) is 0 Å². The molecular weight excluding hydrogens is 316 g/mol. The van der Waals surface area contributed by atoms with Gasteiger partial charge in [0.1, 0.15) is 17.6 Å². The summed E-state index contributed by atoms with van der Waals surface area (Å²) in [6.45, 7) is 3.77. The van der Waals surface area contributed by atoms with Crippen molar-refractivity contribution in [3.05, 3.63) is 69.6 Å². The summed E-state index contributed by atoms with van der Waals surface area (Å²) in [6, 6.07) is 13.9. The van der Waals surface area contributed by atoms with Crippen LogP contribution in [-0.4, -0.2) is 5.11 Å². The Kier molecular flexibility index (Phi) is 3.40. The minimum Gasteiger partial charge on any atom is -0.466 e. The SMILES string of the molecule is Cc1cc(C(O)c2ccc(Br)c3ccccc23)c(C)o1. The number of furan rings is 1. The Balaban J connectivity index is 2.20. The van der Waals surface area contributed by atoms with Gasteiger partial charge in [-0.3, -0.25) is 0 Å². The summed E-state index contributed by atoms with van der Waals surface area (Å²) < 4.78 is 6.56. The molecule has 2 nitrogen and oxygen atoms in total. The summed E-state index contributed by atoms with van der Waals surface area (Å²) in [5, 5.41) is 12.8. The van der Waals surface area contributed by atoms with Crippen LogP contribution >= 0.6 is 15.9 Å². The second-order valence-electron chi connectivity index (χ2n) is 4.95. The quantitative estimate of drug-likeness (QED) is 0.725. The third kappa shape index (κ3) is 2.17. The van der Waals surface area contributed by atoms with Crippen LogP contribution in [0, 0.1) is 13.8 Å². The fourth-order valence-electron chi connectivity index (χ4n) is 2.61. The second kappa shape index (κ2) is 5.08. The molecular formula is C17H15BrO2. The summed E-state index contributed by atoms with van der Waals surface area (Å²) in [6.07, 6.45) is -0.676. The molecule has 3 rings (SSSR count). The third-order valence-electron chi connectivity index (χ3n) is 3.57. The molecule has 1 N–H and O–H groups in total. The van der Waals surface area contributed by atoms with Crippen LogP contribution in [0.5, 0.6) is 0 Å². The number of aryl methyl sites for hydroxylation is 2. The van der Waals surface area contributed by atoms with Gasteiger partial charge in [0.2, 0.25) is 0 Å². The number of hydrogen-bond donors (Lipinski definition) is 1. The first kappa shape index (κ1) is 13.4. The minimum absolute atomic E-state index is 0.676. The van der Waals surface area contributed by atoms with Crippen molar-refractivity contribution in [1.82, 2.24) is 0 Å². The maximum atomic E-state index is 10.7. The molecule has 1 unspecified atom stereocenters. The van der Waals surface area contributed by atoms with Gasteiger partial charge in [0.25, 0.3) is 0 Å². The lowest BCUT2D eigenvalue weighted by Gasteiger charge is -2.14. The van der Waals surface area contributed by atoms with Crippen LogP contribution in [-0.2, 0) is 0 Å². The van der Waals surface area contributed by atoms with Crippen molar-refractivity contribution in [1.29, 1.82) is 0 Å². The summed E-state index contributed by atoms with van der Waals surface area (Å²) in [7, 11) is 0. The van der Waals surface area contributed by atoms with Crippen molar-refractivity contribution >= 4 is 26.7 Å². The van der Waals surface area contributed by atoms with Crippen molar-refractivity contribution in [2.75, 3.05) is 0 Å². The van der Waals surface area contributed by atoms with Crippen molar-refractivity contribution in [2.45, 2.75) is 20.0 Å². The van der Waals surface area contributed by atoms with E-state index in [4.69, 9.17) is 4.42 Å². The van der Waals surface area contributed by atoms with Gasteiger partial charge in [-0.25, -0.2) is 0 Å². The van der Waals surface area contributed by atoms with E-state index in [2.05, 4.69) is 15.9 Å². The van der Waals surface area contributed by atoms with E-state index < -0.39 is 6.10 Å². The molecule has 0 radical (unpaired) electrons. The number of rotatable bonds is 2. The largest absolute Gasteiger partial charge is 0.466 e. The Labute approximate surface area is 126 Å². The van der Waals surface area contributed by atoms with Gasteiger partial charge in [0.15, 0.2) is 0 Å². The molecule has 0 aliphatic heterocycles. The van der Waals surface area contributed by atoms with Crippen molar-refractivity contribution in [2.24, 2.45) is 0 Å². The molecule has 0 saturated heterocycles. The summed E-state index contributed by atoms with van der Waals surface area (Å²) in [5.41, 5.74) is 1.72. The number of halogens is 1. The maximum absolute atomic E-state index is 10.7. The number of aliphatic hydroxyl groups is 1. The van der Waals surface area contributed by atoms with Gasteiger partial charge in [-0.2, -0.15) is 0 Å². The van der Waals surface area contributed by atoms with Gasteiger partial charge in [-0.05, 0) is 42.3 Å². The van der Waals surface area contributed by atoms with Gasteiger partial charge >= 0.3 is 0 Å². The lowest BCUT2D eigenvalue weighted by atomic mass is 9.96. The third-order valence-corrected chi connectivity index (χ3v) is 4.26. The fourth-order valence-corrected chi connectivity index (χ4v) is 3.09. The summed E-state index contributed by atoms with van der Waals surface area (Å²) in [4.78, 5) is 0. The highest BCUT2D eigenvalue weighted by atomic mass is 79.9. The van der Waals surface area contributed by atoms with E-state index >= 15 is 0 Å². The Morgan fingerprint density at radius 2 is 1.70 bits per heavy atom. The smallest absolute Gasteiger partial charge is 0.108 e.